The Kier molecular flexibility index (Phi) is 2.95. The van der Waals surface area contributed by atoms with Crippen LogP contribution in [0.5, 0.6) is 0 Å². The van der Waals surface area contributed by atoms with Gasteiger partial charge in [-0.2, -0.15) is 0 Å². The second-order valence-corrected chi connectivity index (χ2v) is 5.15. The molecule has 0 aliphatic carbocycles. The average molecular weight is 238 g/mol. The Morgan fingerprint density at radius 3 is 2.00 bits per heavy atom. The van der Waals surface area contributed by atoms with E-state index in [1.54, 1.807) is 12.4 Å². The lowest BCUT2D eigenvalue weighted by molar-refractivity contribution is 0.00578. The van der Waals surface area contributed by atoms with Crippen molar-refractivity contribution in [2.24, 2.45) is 0 Å². The van der Waals surface area contributed by atoms with E-state index in [0.29, 0.717) is 5.46 Å². The number of aromatic nitrogens is 2. The van der Waals surface area contributed by atoms with Gasteiger partial charge in [-0.25, -0.2) is 14.4 Å². The molecule has 1 saturated heterocycles. The van der Waals surface area contributed by atoms with Crippen LogP contribution in [-0.2, 0) is 16.0 Å². The standard InChI is InChI=1S/C11H16BFN2O2/c1-10(2)11(3,4)17-12(16-10)8-6-14-9(5-13)15-7-8/h6-7H,5H2,1-4H3. The summed E-state index contributed by atoms with van der Waals surface area (Å²) in [5, 5.41) is 0. The lowest BCUT2D eigenvalue weighted by Gasteiger charge is -2.32. The number of hydrogen-bond donors (Lipinski definition) is 0. The van der Waals surface area contributed by atoms with Crippen LogP contribution >= 0.6 is 0 Å². The summed E-state index contributed by atoms with van der Waals surface area (Å²) in [7, 11) is -0.492. The SMILES string of the molecule is CC1(C)OB(c2cnc(CF)nc2)OC1(C)C. The van der Waals surface area contributed by atoms with E-state index >= 15 is 0 Å². The van der Waals surface area contributed by atoms with Gasteiger partial charge in [-0.3, -0.25) is 0 Å². The monoisotopic (exact) mass is 238 g/mol. The molecule has 4 nitrogen and oxygen atoms in total. The molecule has 2 rings (SSSR count). The van der Waals surface area contributed by atoms with E-state index in [1.807, 2.05) is 27.7 Å². The van der Waals surface area contributed by atoms with Crippen LogP contribution in [0.15, 0.2) is 12.4 Å². The molecule has 0 spiro atoms. The molecule has 1 aliphatic heterocycles. The van der Waals surface area contributed by atoms with Crippen LogP contribution in [-0.4, -0.2) is 28.3 Å². The Hall–Kier alpha value is -1.01. The minimum Gasteiger partial charge on any atom is -0.399 e. The highest BCUT2D eigenvalue weighted by Crippen LogP contribution is 2.36. The van der Waals surface area contributed by atoms with Gasteiger partial charge in [-0.1, -0.05) is 0 Å². The minimum absolute atomic E-state index is 0.172. The zero-order valence-corrected chi connectivity index (χ0v) is 10.5. The van der Waals surface area contributed by atoms with Crippen molar-refractivity contribution in [1.82, 2.24) is 9.97 Å². The fourth-order valence-electron chi connectivity index (χ4n) is 1.53. The van der Waals surface area contributed by atoms with Crippen molar-refractivity contribution in [2.45, 2.75) is 45.6 Å². The number of halogens is 1. The van der Waals surface area contributed by atoms with Crippen LogP contribution in [0.25, 0.3) is 0 Å². The first-order valence-electron chi connectivity index (χ1n) is 5.58. The number of alkyl halides is 1. The summed E-state index contributed by atoms with van der Waals surface area (Å²) in [4.78, 5) is 7.78. The zero-order chi connectivity index (χ0) is 12.7. The molecule has 0 radical (unpaired) electrons. The van der Waals surface area contributed by atoms with Crippen LogP contribution in [0.1, 0.15) is 33.5 Å². The van der Waals surface area contributed by atoms with Crippen LogP contribution in [0.4, 0.5) is 4.39 Å². The van der Waals surface area contributed by atoms with Gasteiger partial charge in [0.2, 0.25) is 0 Å². The quantitative estimate of drug-likeness (QED) is 0.727. The Morgan fingerprint density at radius 1 is 1.12 bits per heavy atom. The molecule has 0 atom stereocenters. The minimum atomic E-state index is -0.663. The van der Waals surface area contributed by atoms with Gasteiger partial charge in [0.25, 0.3) is 0 Å². The molecular weight excluding hydrogens is 222 g/mol. The molecule has 0 unspecified atom stereocenters. The smallest absolute Gasteiger partial charge is 0.399 e. The van der Waals surface area contributed by atoms with E-state index in [0.717, 1.165) is 0 Å². The fourth-order valence-corrected chi connectivity index (χ4v) is 1.53. The van der Waals surface area contributed by atoms with E-state index < -0.39 is 25.0 Å². The van der Waals surface area contributed by atoms with Gasteiger partial charge in [0.15, 0.2) is 5.82 Å². The molecule has 17 heavy (non-hydrogen) atoms. The first-order chi connectivity index (χ1) is 7.86. The van der Waals surface area contributed by atoms with Crippen molar-refractivity contribution < 1.29 is 13.7 Å². The summed E-state index contributed by atoms with van der Waals surface area (Å²) >= 11 is 0. The van der Waals surface area contributed by atoms with Crippen molar-refractivity contribution in [3.63, 3.8) is 0 Å². The van der Waals surface area contributed by atoms with Crippen molar-refractivity contribution in [3.05, 3.63) is 18.2 Å². The average Bonchev–Trinajstić information content (AvgIpc) is 2.48. The zero-order valence-electron chi connectivity index (χ0n) is 10.5. The predicted octanol–water partition coefficient (Wildman–Crippen LogP) is 1.25. The third-order valence-corrected chi connectivity index (χ3v) is 3.37. The Labute approximate surface area is 101 Å². The van der Waals surface area contributed by atoms with E-state index in [1.165, 1.54) is 0 Å². The van der Waals surface area contributed by atoms with E-state index in [2.05, 4.69) is 9.97 Å². The summed E-state index contributed by atoms with van der Waals surface area (Å²) in [6.45, 7) is 7.24. The van der Waals surface area contributed by atoms with Crippen LogP contribution in [0.3, 0.4) is 0 Å². The largest absolute Gasteiger partial charge is 0.498 e. The Bertz CT molecular complexity index is 392. The second kappa shape index (κ2) is 4.03. The molecule has 6 heteroatoms. The Morgan fingerprint density at radius 2 is 1.59 bits per heavy atom. The van der Waals surface area contributed by atoms with Crippen molar-refractivity contribution >= 4 is 12.6 Å². The molecule has 1 aromatic heterocycles. The first-order valence-corrected chi connectivity index (χ1v) is 5.58. The third kappa shape index (κ3) is 2.19. The van der Waals surface area contributed by atoms with Crippen molar-refractivity contribution in [1.29, 1.82) is 0 Å². The molecule has 1 fully saturated rings. The first kappa shape index (κ1) is 12.5. The van der Waals surface area contributed by atoms with Crippen molar-refractivity contribution in [3.8, 4) is 0 Å². The summed E-state index contributed by atoms with van der Waals surface area (Å²) in [5.74, 6) is 0.172. The molecule has 0 N–H and O–H groups in total. The molecule has 0 amide bonds. The van der Waals surface area contributed by atoms with Gasteiger partial charge in [0, 0.05) is 17.9 Å². The topological polar surface area (TPSA) is 44.2 Å². The van der Waals surface area contributed by atoms with E-state index in [9.17, 15) is 4.39 Å². The summed E-state index contributed by atoms with van der Waals surface area (Å²) < 4.78 is 23.9. The lowest BCUT2D eigenvalue weighted by Crippen LogP contribution is -2.41. The third-order valence-electron chi connectivity index (χ3n) is 3.37. The lowest BCUT2D eigenvalue weighted by atomic mass is 9.81. The number of nitrogens with zero attached hydrogens (tertiary/aromatic N) is 2. The van der Waals surface area contributed by atoms with Gasteiger partial charge in [0.1, 0.15) is 6.67 Å². The highest BCUT2D eigenvalue weighted by molar-refractivity contribution is 6.61. The molecule has 1 aromatic rings. The van der Waals surface area contributed by atoms with E-state index in [4.69, 9.17) is 9.31 Å². The van der Waals surface area contributed by atoms with E-state index in [-0.39, 0.29) is 5.82 Å². The number of rotatable bonds is 2. The van der Waals surface area contributed by atoms with Gasteiger partial charge in [-0.15, -0.1) is 0 Å². The summed E-state index contributed by atoms with van der Waals surface area (Å²) in [6, 6.07) is 0. The van der Waals surface area contributed by atoms with Gasteiger partial charge in [-0.05, 0) is 27.7 Å². The predicted molar refractivity (Wildman–Crippen MR) is 62.6 cm³/mol. The van der Waals surface area contributed by atoms with Crippen LogP contribution < -0.4 is 5.46 Å². The highest BCUT2D eigenvalue weighted by Gasteiger charge is 2.51. The van der Waals surface area contributed by atoms with Gasteiger partial charge >= 0.3 is 7.12 Å². The number of hydrogen-bond acceptors (Lipinski definition) is 4. The van der Waals surface area contributed by atoms with Crippen LogP contribution in [0, 0.1) is 0 Å². The van der Waals surface area contributed by atoms with Gasteiger partial charge < -0.3 is 9.31 Å². The highest BCUT2D eigenvalue weighted by atomic mass is 19.1. The molecule has 0 aromatic carbocycles. The molecule has 1 aliphatic rings. The summed E-state index contributed by atoms with van der Waals surface area (Å²) in [5.41, 5.74) is -0.0757. The second-order valence-electron chi connectivity index (χ2n) is 5.15. The molecule has 0 saturated carbocycles. The van der Waals surface area contributed by atoms with Crippen LogP contribution in [0.2, 0.25) is 0 Å². The normalized spacial score (nSPS) is 21.8. The molecule has 0 bridgehead atoms. The maximum Gasteiger partial charge on any atom is 0.498 e. The molecule has 2 heterocycles. The maximum absolute atomic E-state index is 12.3. The van der Waals surface area contributed by atoms with Gasteiger partial charge in [0.05, 0.1) is 11.2 Å². The fraction of sp³-hybridized carbons (Fsp3) is 0.636. The molecule has 92 valence electrons. The molecular formula is C11H16BFN2O2. The Balaban J connectivity index is 2.20. The van der Waals surface area contributed by atoms with Crippen molar-refractivity contribution in [2.75, 3.05) is 0 Å². The summed E-state index contributed by atoms with van der Waals surface area (Å²) in [6.07, 6.45) is 3.09. The maximum atomic E-state index is 12.3.